The molecule has 0 aromatic heterocycles. The molecule has 0 aliphatic heterocycles. The number of unbranched alkanes of at least 4 members (excludes halogenated alkanes) is 6. The van der Waals surface area contributed by atoms with Crippen LogP contribution in [0.1, 0.15) is 64.4 Å². The number of rotatable bonds is 11. The smallest absolute Gasteiger partial charge is 0.123 e. The second-order valence-electron chi connectivity index (χ2n) is 5.81. The second-order valence-corrected chi connectivity index (χ2v) is 5.81. The SMILES string of the molecule is CCCCCCCCCNC(C)Cc1ccc(F)cc1. The predicted molar refractivity (Wildman–Crippen MR) is 85.6 cm³/mol. The Hall–Kier alpha value is -0.890. The Morgan fingerprint density at radius 1 is 0.950 bits per heavy atom. The molecule has 0 heterocycles. The molecule has 1 aromatic rings. The van der Waals surface area contributed by atoms with E-state index in [0.717, 1.165) is 13.0 Å². The molecule has 0 saturated heterocycles. The average molecular weight is 279 g/mol. The van der Waals surface area contributed by atoms with Crippen LogP contribution < -0.4 is 5.32 Å². The van der Waals surface area contributed by atoms with Crippen LogP contribution in [0, 0.1) is 5.82 Å². The number of halogens is 1. The van der Waals surface area contributed by atoms with Crippen molar-refractivity contribution in [3.63, 3.8) is 0 Å². The highest BCUT2D eigenvalue weighted by Crippen LogP contribution is 2.08. The van der Waals surface area contributed by atoms with Gasteiger partial charge in [-0.05, 0) is 44.0 Å². The first-order chi connectivity index (χ1) is 9.72. The fourth-order valence-electron chi connectivity index (χ4n) is 2.48. The third-order valence-electron chi connectivity index (χ3n) is 3.73. The third kappa shape index (κ3) is 8.31. The van der Waals surface area contributed by atoms with Crippen molar-refractivity contribution in [3.8, 4) is 0 Å². The molecule has 114 valence electrons. The Kier molecular flexibility index (Phi) is 9.31. The van der Waals surface area contributed by atoms with Gasteiger partial charge < -0.3 is 5.32 Å². The van der Waals surface area contributed by atoms with Crippen LogP contribution in [-0.2, 0) is 6.42 Å². The quantitative estimate of drug-likeness (QED) is 0.556. The normalized spacial score (nSPS) is 12.6. The van der Waals surface area contributed by atoms with Crippen LogP contribution in [0.25, 0.3) is 0 Å². The minimum atomic E-state index is -0.155. The molecule has 0 spiro atoms. The monoisotopic (exact) mass is 279 g/mol. The molecule has 0 bridgehead atoms. The first-order valence-corrected chi connectivity index (χ1v) is 8.20. The van der Waals surface area contributed by atoms with Gasteiger partial charge in [0.05, 0.1) is 0 Å². The molecule has 1 N–H and O–H groups in total. The maximum atomic E-state index is 12.8. The zero-order valence-corrected chi connectivity index (χ0v) is 13.1. The first-order valence-electron chi connectivity index (χ1n) is 8.20. The van der Waals surface area contributed by atoms with E-state index in [-0.39, 0.29) is 5.82 Å². The second kappa shape index (κ2) is 10.8. The Bertz CT molecular complexity index is 334. The molecule has 1 rings (SSSR count). The third-order valence-corrected chi connectivity index (χ3v) is 3.73. The molecule has 1 nitrogen and oxygen atoms in total. The highest BCUT2D eigenvalue weighted by Gasteiger charge is 2.02. The van der Waals surface area contributed by atoms with E-state index < -0.39 is 0 Å². The summed E-state index contributed by atoms with van der Waals surface area (Å²) in [5.41, 5.74) is 1.20. The fourth-order valence-corrected chi connectivity index (χ4v) is 2.48. The van der Waals surface area contributed by atoms with E-state index in [1.54, 1.807) is 12.1 Å². The van der Waals surface area contributed by atoms with Gasteiger partial charge in [0.1, 0.15) is 5.82 Å². The molecule has 0 radical (unpaired) electrons. The van der Waals surface area contributed by atoms with E-state index in [0.29, 0.717) is 6.04 Å². The van der Waals surface area contributed by atoms with Gasteiger partial charge in [-0.2, -0.15) is 0 Å². The summed E-state index contributed by atoms with van der Waals surface area (Å²) in [6, 6.07) is 7.29. The van der Waals surface area contributed by atoms with Crippen molar-refractivity contribution in [2.24, 2.45) is 0 Å². The molecule has 2 heteroatoms. The van der Waals surface area contributed by atoms with Crippen LogP contribution in [0.15, 0.2) is 24.3 Å². The standard InChI is InChI=1S/C18H30FN/c1-3-4-5-6-7-8-9-14-20-16(2)15-17-10-12-18(19)13-11-17/h10-13,16,20H,3-9,14-15H2,1-2H3. The predicted octanol–water partition coefficient (Wildman–Crippen LogP) is 5.10. The summed E-state index contributed by atoms with van der Waals surface area (Å²) >= 11 is 0. The lowest BCUT2D eigenvalue weighted by molar-refractivity contribution is 0.509. The van der Waals surface area contributed by atoms with Gasteiger partial charge >= 0.3 is 0 Å². The van der Waals surface area contributed by atoms with E-state index in [2.05, 4.69) is 19.2 Å². The first kappa shape index (κ1) is 17.2. The van der Waals surface area contributed by atoms with Crippen LogP contribution in [-0.4, -0.2) is 12.6 Å². The lowest BCUT2D eigenvalue weighted by Crippen LogP contribution is -2.28. The summed E-state index contributed by atoms with van der Waals surface area (Å²) in [6.07, 6.45) is 10.4. The van der Waals surface area contributed by atoms with Crippen LogP contribution in [0.4, 0.5) is 4.39 Å². The topological polar surface area (TPSA) is 12.0 Å². The molecule has 0 saturated carbocycles. The van der Waals surface area contributed by atoms with Gasteiger partial charge in [0.25, 0.3) is 0 Å². The number of benzene rings is 1. The van der Waals surface area contributed by atoms with Gasteiger partial charge in [0.15, 0.2) is 0 Å². The summed E-state index contributed by atoms with van der Waals surface area (Å²) < 4.78 is 12.8. The number of hydrogen-bond donors (Lipinski definition) is 1. The van der Waals surface area contributed by atoms with Crippen molar-refractivity contribution in [1.29, 1.82) is 0 Å². The molecule has 20 heavy (non-hydrogen) atoms. The van der Waals surface area contributed by atoms with E-state index in [1.165, 1.54) is 50.5 Å². The maximum absolute atomic E-state index is 12.8. The van der Waals surface area contributed by atoms with Gasteiger partial charge in [-0.3, -0.25) is 0 Å². The van der Waals surface area contributed by atoms with E-state index in [9.17, 15) is 4.39 Å². The zero-order valence-electron chi connectivity index (χ0n) is 13.1. The lowest BCUT2D eigenvalue weighted by atomic mass is 10.1. The summed E-state index contributed by atoms with van der Waals surface area (Å²) in [5, 5.41) is 3.55. The number of nitrogens with one attached hydrogen (secondary N) is 1. The maximum Gasteiger partial charge on any atom is 0.123 e. The average Bonchev–Trinajstić information content (AvgIpc) is 2.44. The molecule has 1 unspecified atom stereocenters. The highest BCUT2D eigenvalue weighted by atomic mass is 19.1. The van der Waals surface area contributed by atoms with Gasteiger partial charge in [-0.1, -0.05) is 57.6 Å². The zero-order chi connectivity index (χ0) is 14.6. The van der Waals surface area contributed by atoms with Crippen molar-refractivity contribution in [1.82, 2.24) is 5.32 Å². The van der Waals surface area contributed by atoms with Crippen molar-refractivity contribution in [3.05, 3.63) is 35.6 Å². The van der Waals surface area contributed by atoms with Crippen molar-refractivity contribution in [2.75, 3.05) is 6.54 Å². The Morgan fingerprint density at radius 3 is 2.20 bits per heavy atom. The summed E-state index contributed by atoms with van der Waals surface area (Å²) in [5.74, 6) is -0.155. The lowest BCUT2D eigenvalue weighted by Gasteiger charge is -2.13. The molecule has 0 fully saturated rings. The van der Waals surface area contributed by atoms with E-state index in [4.69, 9.17) is 0 Å². The molecule has 0 aliphatic rings. The fraction of sp³-hybridized carbons (Fsp3) is 0.667. The summed E-state index contributed by atoms with van der Waals surface area (Å²) in [7, 11) is 0. The van der Waals surface area contributed by atoms with E-state index in [1.807, 2.05) is 12.1 Å². The van der Waals surface area contributed by atoms with E-state index >= 15 is 0 Å². The van der Waals surface area contributed by atoms with Crippen molar-refractivity contribution >= 4 is 0 Å². The molecule has 1 atom stereocenters. The van der Waals surface area contributed by atoms with Gasteiger partial charge in [-0.25, -0.2) is 4.39 Å². The molecule has 0 aliphatic carbocycles. The van der Waals surface area contributed by atoms with Crippen molar-refractivity contribution < 1.29 is 4.39 Å². The Morgan fingerprint density at radius 2 is 1.55 bits per heavy atom. The van der Waals surface area contributed by atoms with Crippen LogP contribution in [0.2, 0.25) is 0 Å². The van der Waals surface area contributed by atoms with Crippen LogP contribution >= 0.6 is 0 Å². The Labute approximate surface area is 124 Å². The molecular weight excluding hydrogens is 249 g/mol. The van der Waals surface area contributed by atoms with Gasteiger partial charge in [0.2, 0.25) is 0 Å². The number of hydrogen-bond acceptors (Lipinski definition) is 1. The minimum Gasteiger partial charge on any atom is -0.314 e. The van der Waals surface area contributed by atoms with Gasteiger partial charge in [0, 0.05) is 6.04 Å². The van der Waals surface area contributed by atoms with Crippen LogP contribution in [0.3, 0.4) is 0 Å². The largest absolute Gasteiger partial charge is 0.314 e. The Balaban J connectivity index is 2.00. The summed E-state index contributed by atoms with van der Waals surface area (Å²) in [6.45, 7) is 5.55. The summed E-state index contributed by atoms with van der Waals surface area (Å²) in [4.78, 5) is 0. The van der Waals surface area contributed by atoms with Crippen molar-refractivity contribution in [2.45, 2.75) is 71.3 Å². The highest BCUT2D eigenvalue weighted by molar-refractivity contribution is 5.16. The molecule has 0 amide bonds. The van der Waals surface area contributed by atoms with Crippen LogP contribution in [0.5, 0.6) is 0 Å². The molecular formula is C18H30FN. The van der Waals surface area contributed by atoms with Gasteiger partial charge in [-0.15, -0.1) is 0 Å². The minimum absolute atomic E-state index is 0.155. The molecule has 1 aromatic carbocycles.